The van der Waals surface area contributed by atoms with E-state index in [9.17, 15) is 19.5 Å². The highest BCUT2D eigenvalue weighted by Crippen LogP contribution is 2.26. The Bertz CT molecular complexity index is 1170. The number of carbonyl (C=O) groups excluding carboxylic acids is 3. The lowest BCUT2D eigenvalue weighted by atomic mass is 10.0. The minimum atomic E-state index is -1.52. The van der Waals surface area contributed by atoms with Crippen LogP contribution < -0.4 is 16.0 Å². The monoisotopic (exact) mass is 615 g/mol. The van der Waals surface area contributed by atoms with Crippen molar-refractivity contribution in [3.05, 3.63) is 66.0 Å². The van der Waals surface area contributed by atoms with Crippen LogP contribution in [0.1, 0.15) is 51.7 Å². The number of nitrogens with zero attached hydrogens (tertiary/aromatic N) is 2. The second kappa shape index (κ2) is 16.5. The molecule has 0 saturated carbocycles. The van der Waals surface area contributed by atoms with Gasteiger partial charge in [-0.2, -0.15) is 0 Å². The van der Waals surface area contributed by atoms with Gasteiger partial charge in [0.1, 0.15) is 24.2 Å². The molecule has 236 valence electrons. The molecule has 1 saturated heterocycles. The number of benzene rings is 1. The first-order valence-electron chi connectivity index (χ1n) is 14.7. The molecule has 3 rings (SSSR count). The topological polar surface area (TPSA) is 142 Å². The van der Waals surface area contributed by atoms with E-state index in [-0.39, 0.29) is 31.7 Å². The van der Waals surface area contributed by atoms with Gasteiger partial charge >= 0.3 is 12.2 Å². The number of aromatic nitrogens is 1. The lowest BCUT2D eigenvalue weighted by Gasteiger charge is -2.27. The first-order valence-corrected chi connectivity index (χ1v) is 15.1. The fourth-order valence-electron chi connectivity index (χ4n) is 4.99. The number of carbonyl (C=O) groups is 3. The molecule has 4 atom stereocenters. The van der Waals surface area contributed by atoms with Crippen LogP contribution in [-0.2, 0) is 27.5 Å². The number of nitrogens with one attached hydrogen (secondary N) is 3. The molecule has 2 heterocycles. The molecule has 43 heavy (non-hydrogen) atoms. The molecule has 1 fully saturated rings. The number of β-amino-alcohol motifs (C(OH)–C–C–N with tert-alkyl or cyclic N) is 1. The van der Waals surface area contributed by atoms with Gasteiger partial charge in [-0.05, 0) is 47.9 Å². The maximum absolute atomic E-state index is 13.3. The Labute approximate surface area is 259 Å². The molecule has 2 aromatic rings. The molecule has 12 heteroatoms. The predicted molar refractivity (Wildman–Crippen MR) is 166 cm³/mol. The minimum Gasteiger partial charge on any atom is -0.445 e. The van der Waals surface area contributed by atoms with Gasteiger partial charge in [0.05, 0.1) is 6.04 Å². The molecule has 0 unspecified atom stereocenters. The summed E-state index contributed by atoms with van der Waals surface area (Å²) >= 11 is 4.47. The van der Waals surface area contributed by atoms with Crippen LogP contribution in [-0.4, -0.2) is 75.8 Å². The van der Waals surface area contributed by atoms with Crippen molar-refractivity contribution in [2.24, 2.45) is 11.8 Å². The average molecular weight is 616 g/mol. The van der Waals surface area contributed by atoms with Crippen LogP contribution in [0.2, 0.25) is 0 Å². The van der Waals surface area contributed by atoms with E-state index in [1.165, 1.54) is 0 Å². The van der Waals surface area contributed by atoms with Crippen LogP contribution in [0, 0.1) is 11.8 Å². The zero-order chi connectivity index (χ0) is 31.4. The zero-order valence-electron chi connectivity index (χ0n) is 25.4. The summed E-state index contributed by atoms with van der Waals surface area (Å²) in [6.07, 6.45) is 3.05. The summed E-state index contributed by atoms with van der Waals surface area (Å²) in [5, 5.41) is 19.6. The van der Waals surface area contributed by atoms with Gasteiger partial charge in [0, 0.05) is 38.1 Å². The number of alkyl carbamates (subject to hydrolysis) is 2. The molecule has 1 aromatic heterocycles. The number of amides is 3. The van der Waals surface area contributed by atoms with Crippen molar-refractivity contribution in [2.45, 2.75) is 76.8 Å². The Kier molecular flexibility index (Phi) is 13.1. The normalized spacial score (nSPS) is 20.0. The van der Waals surface area contributed by atoms with E-state index < -0.39 is 35.1 Å². The van der Waals surface area contributed by atoms with Gasteiger partial charge in [-0.25, -0.2) is 9.59 Å². The predicted octanol–water partition coefficient (Wildman–Crippen LogP) is 3.48. The van der Waals surface area contributed by atoms with Crippen LogP contribution in [0.15, 0.2) is 54.9 Å². The van der Waals surface area contributed by atoms with Gasteiger partial charge in [-0.1, -0.05) is 58.0 Å². The van der Waals surface area contributed by atoms with E-state index in [2.05, 4.69) is 47.4 Å². The molecule has 3 amide bonds. The van der Waals surface area contributed by atoms with Crippen molar-refractivity contribution in [1.29, 1.82) is 0 Å². The van der Waals surface area contributed by atoms with Gasteiger partial charge in [0.25, 0.3) is 0 Å². The Morgan fingerprint density at radius 2 is 1.53 bits per heavy atom. The standard InChI is InChI=1S/C31H45N5O6S/c1-21(2)14-25(33-29(38)41-18-23-8-6-5-7-9-23)16-36-17-27(31(40,43)20-36)35-28(37)26(15-22(3)4)34-30(39)42-19-24-10-12-32-13-11-24/h5-13,21-22,25-27,40,43H,14-20H2,1-4H3,(H,33,38)(H,34,39)(H,35,37)/t25-,26-,27+,31-/m0/s1. The summed E-state index contributed by atoms with van der Waals surface area (Å²) < 4.78 is 10.7. The molecule has 1 aliphatic rings. The Morgan fingerprint density at radius 3 is 2.14 bits per heavy atom. The van der Waals surface area contributed by atoms with Crippen molar-refractivity contribution in [1.82, 2.24) is 25.8 Å². The third kappa shape index (κ3) is 12.0. The van der Waals surface area contributed by atoms with Crippen LogP contribution in [0.3, 0.4) is 0 Å². The number of hydrogen-bond donors (Lipinski definition) is 5. The molecular weight excluding hydrogens is 570 g/mol. The molecule has 1 aliphatic heterocycles. The molecule has 11 nitrogen and oxygen atoms in total. The average Bonchev–Trinajstić information content (AvgIpc) is 3.22. The van der Waals surface area contributed by atoms with Gasteiger partial charge < -0.3 is 30.5 Å². The van der Waals surface area contributed by atoms with Crippen molar-refractivity contribution < 1.29 is 29.0 Å². The third-order valence-electron chi connectivity index (χ3n) is 6.98. The van der Waals surface area contributed by atoms with E-state index in [4.69, 9.17) is 9.47 Å². The van der Waals surface area contributed by atoms with Crippen molar-refractivity contribution >= 4 is 30.7 Å². The Morgan fingerprint density at radius 1 is 0.953 bits per heavy atom. The number of hydrogen-bond acceptors (Lipinski definition) is 9. The molecule has 0 aliphatic carbocycles. The Balaban J connectivity index is 1.56. The molecule has 4 N–H and O–H groups in total. The van der Waals surface area contributed by atoms with E-state index in [1.807, 2.05) is 49.1 Å². The largest absolute Gasteiger partial charge is 0.445 e. The van der Waals surface area contributed by atoms with E-state index in [1.54, 1.807) is 24.5 Å². The molecule has 0 radical (unpaired) electrons. The molecule has 0 spiro atoms. The fourth-order valence-corrected chi connectivity index (χ4v) is 5.33. The lowest BCUT2D eigenvalue weighted by Crippen LogP contribution is -2.55. The van der Waals surface area contributed by atoms with E-state index >= 15 is 0 Å². The highest BCUT2D eigenvalue weighted by Gasteiger charge is 2.44. The quantitative estimate of drug-likeness (QED) is 0.161. The SMILES string of the molecule is CC(C)C[C@@H](CN1C[C@@H](NC(=O)[C@H](CC(C)C)NC(=O)OCc2ccncc2)[C@@](O)(S)C1)NC(=O)OCc1ccccc1. The highest BCUT2D eigenvalue weighted by molar-refractivity contribution is 7.81. The maximum Gasteiger partial charge on any atom is 0.408 e. The third-order valence-corrected chi connectivity index (χ3v) is 7.43. The number of likely N-dealkylation sites (tertiary alicyclic amines) is 1. The van der Waals surface area contributed by atoms with Crippen LogP contribution >= 0.6 is 12.6 Å². The first kappa shape index (κ1) is 34.1. The maximum atomic E-state index is 13.3. The lowest BCUT2D eigenvalue weighted by molar-refractivity contribution is -0.124. The summed E-state index contributed by atoms with van der Waals surface area (Å²) in [7, 11) is 0. The van der Waals surface area contributed by atoms with Gasteiger partial charge in [-0.15, -0.1) is 12.6 Å². The second-order valence-corrected chi connectivity index (χ2v) is 12.7. The fraction of sp³-hybridized carbons (Fsp3) is 0.548. The van der Waals surface area contributed by atoms with Crippen LogP contribution in [0.25, 0.3) is 0 Å². The highest BCUT2D eigenvalue weighted by atomic mass is 32.1. The Hall–Kier alpha value is -3.35. The van der Waals surface area contributed by atoms with Gasteiger partial charge in [-0.3, -0.25) is 14.7 Å². The number of pyridine rings is 1. The smallest absolute Gasteiger partial charge is 0.408 e. The number of aliphatic hydroxyl groups is 1. The van der Waals surface area contributed by atoms with Crippen LogP contribution in [0.5, 0.6) is 0 Å². The number of rotatable bonds is 14. The number of thiol groups is 1. The van der Waals surface area contributed by atoms with E-state index in [0.717, 1.165) is 11.1 Å². The van der Waals surface area contributed by atoms with Crippen molar-refractivity contribution in [3.63, 3.8) is 0 Å². The zero-order valence-corrected chi connectivity index (χ0v) is 26.3. The summed E-state index contributed by atoms with van der Waals surface area (Å²) in [6.45, 7) is 9.15. The number of ether oxygens (including phenoxy) is 2. The van der Waals surface area contributed by atoms with Gasteiger partial charge in [0.2, 0.25) is 5.91 Å². The second-order valence-electron chi connectivity index (χ2n) is 11.9. The summed E-state index contributed by atoms with van der Waals surface area (Å²) in [5.74, 6) is -0.0282. The van der Waals surface area contributed by atoms with Crippen molar-refractivity contribution in [3.8, 4) is 0 Å². The van der Waals surface area contributed by atoms with Crippen molar-refractivity contribution in [2.75, 3.05) is 19.6 Å². The molecule has 1 aromatic carbocycles. The summed E-state index contributed by atoms with van der Waals surface area (Å²) in [4.78, 5) is 42.8. The first-order chi connectivity index (χ1) is 20.4. The molecule has 0 bridgehead atoms. The summed E-state index contributed by atoms with van der Waals surface area (Å²) in [5.41, 5.74) is 1.67. The molecular formula is C31H45N5O6S. The van der Waals surface area contributed by atoms with Gasteiger partial charge in [0.15, 0.2) is 0 Å². The summed E-state index contributed by atoms with van der Waals surface area (Å²) in [6, 6.07) is 11.1. The van der Waals surface area contributed by atoms with E-state index in [0.29, 0.717) is 31.8 Å². The minimum absolute atomic E-state index is 0.0454. The van der Waals surface area contributed by atoms with Crippen LogP contribution in [0.4, 0.5) is 9.59 Å².